The smallest absolute Gasteiger partial charge is 0.240 e. The number of sulfonamides is 1. The van der Waals surface area contributed by atoms with Crippen LogP contribution in [0.2, 0.25) is 0 Å². The lowest BCUT2D eigenvalue weighted by Crippen LogP contribution is -2.37. The predicted molar refractivity (Wildman–Crippen MR) is 84.3 cm³/mol. The third kappa shape index (κ3) is 3.74. The van der Waals surface area contributed by atoms with Gasteiger partial charge < -0.3 is 10.6 Å². The SMILES string of the molecule is CC(=O)N1CCc2ccc(S(=O)(=O)N[C@H](C)CN)cc21.Cl. The Bertz CT molecular complexity index is 634. The van der Waals surface area contributed by atoms with Gasteiger partial charge >= 0.3 is 0 Å². The lowest BCUT2D eigenvalue weighted by atomic mass is 10.2. The lowest BCUT2D eigenvalue weighted by molar-refractivity contribution is -0.116. The highest BCUT2D eigenvalue weighted by molar-refractivity contribution is 7.89. The molecule has 1 aromatic carbocycles. The summed E-state index contributed by atoms with van der Waals surface area (Å²) < 4.78 is 26.9. The van der Waals surface area contributed by atoms with Gasteiger partial charge in [0.25, 0.3) is 0 Å². The molecule has 0 radical (unpaired) electrons. The standard InChI is InChI=1S/C13H19N3O3S.ClH/c1-9(8-14)15-20(18,19)12-4-3-11-5-6-16(10(2)17)13(11)7-12;/h3-4,7,9,15H,5-6,8,14H2,1-2H3;1H/t9-;/m1./s1. The van der Waals surface area contributed by atoms with Crippen molar-refractivity contribution in [3.63, 3.8) is 0 Å². The van der Waals surface area contributed by atoms with E-state index in [-0.39, 0.29) is 35.8 Å². The first kappa shape index (κ1) is 17.9. The zero-order valence-electron chi connectivity index (χ0n) is 12.0. The molecule has 0 saturated heterocycles. The summed E-state index contributed by atoms with van der Waals surface area (Å²) in [6.45, 7) is 4.00. The molecule has 21 heavy (non-hydrogen) atoms. The molecule has 0 unspecified atom stereocenters. The number of rotatable bonds is 4. The van der Waals surface area contributed by atoms with E-state index in [1.54, 1.807) is 30.0 Å². The van der Waals surface area contributed by atoms with Crippen LogP contribution in [-0.4, -0.2) is 33.5 Å². The maximum atomic E-state index is 12.2. The van der Waals surface area contributed by atoms with Gasteiger partial charge in [0, 0.05) is 31.7 Å². The molecular weight excluding hydrogens is 314 g/mol. The van der Waals surface area contributed by atoms with Crippen molar-refractivity contribution in [2.45, 2.75) is 31.2 Å². The van der Waals surface area contributed by atoms with Crippen LogP contribution >= 0.6 is 12.4 Å². The largest absolute Gasteiger partial charge is 0.329 e. The number of nitrogens with one attached hydrogen (secondary N) is 1. The summed E-state index contributed by atoms with van der Waals surface area (Å²) in [7, 11) is -3.61. The van der Waals surface area contributed by atoms with E-state index in [2.05, 4.69) is 4.72 Å². The number of nitrogens with zero attached hydrogens (tertiary/aromatic N) is 1. The van der Waals surface area contributed by atoms with Gasteiger partial charge in [0.1, 0.15) is 0 Å². The van der Waals surface area contributed by atoms with E-state index in [0.29, 0.717) is 12.2 Å². The molecule has 0 bridgehead atoms. The second kappa shape index (κ2) is 6.74. The van der Waals surface area contributed by atoms with E-state index in [1.807, 2.05) is 0 Å². The van der Waals surface area contributed by atoms with Crippen LogP contribution in [0.1, 0.15) is 19.4 Å². The Morgan fingerprint density at radius 3 is 2.71 bits per heavy atom. The maximum absolute atomic E-state index is 12.2. The van der Waals surface area contributed by atoms with Gasteiger partial charge in [0.2, 0.25) is 15.9 Å². The molecule has 1 aliphatic heterocycles. The molecule has 0 saturated carbocycles. The van der Waals surface area contributed by atoms with E-state index in [0.717, 1.165) is 12.0 Å². The molecule has 6 nitrogen and oxygen atoms in total. The highest BCUT2D eigenvalue weighted by Crippen LogP contribution is 2.30. The Kier molecular flexibility index (Phi) is 5.75. The number of benzene rings is 1. The van der Waals surface area contributed by atoms with Crippen LogP contribution < -0.4 is 15.4 Å². The fourth-order valence-corrected chi connectivity index (χ4v) is 3.51. The van der Waals surface area contributed by atoms with Gasteiger partial charge in [-0.3, -0.25) is 4.79 Å². The molecule has 118 valence electrons. The van der Waals surface area contributed by atoms with Gasteiger partial charge in [-0.15, -0.1) is 12.4 Å². The molecule has 0 fully saturated rings. The summed E-state index contributed by atoms with van der Waals surface area (Å²) in [6.07, 6.45) is 0.752. The highest BCUT2D eigenvalue weighted by atomic mass is 35.5. The molecule has 1 amide bonds. The molecule has 8 heteroatoms. The van der Waals surface area contributed by atoms with Crippen LogP contribution in [0.3, 0.4) is 0 Å². The van der Waals surface area contributed by atoms with Gasteiger partial charge in [-0.05, 0) is 31.0 Å². The van der Waals surface area contributed by atoms with Gasteiger partial charge in [-0.1, -0.05) is 6.07 Å². The molecule has 0 aromatic heterocycles. The van der Waals surface area contributed by atoms with Crippen molar-refractivity contribution < 1.29 is 13.2 Å². The molecule has 1 atom stereocenters. The number of halogens is 1. The molecule has 0 spiro atoms. The first-order valence-electron chi connectivity index (χ1n) is 6.48. The molecule has 0 aliphatic carbocycles. The van der Waals surface area contributed by atoms with E-state index < -0.39 is 10.0 Å². The second-order valence-corrected chi connectivity index (χ2v) is 6.68. The predicted octanol–water partition coefficient (Wildman–Crippen LogP) is 0.643. The number of carbonyl (C=O) groups excluding carboxylic acids is 1. The minimum atomic E-state index is -3.61. The number of fused-ring (bicyclic) bond motifs is 1. The average Bonchev–Trinajstić information content (AvgIpc) is 2.80. The van der Waals surface area contributed by atoms with E-state index in [9.17, 15) is 13.2 Å². The second-order valence-electron chi connectivity index (χ2n) is 4.97. The number of nitrogens with two attached hydrogens (primary N) is 1. The number of anilines is 1. The van der Waals surface area contributed by atoms with Crippen molar-refractivity contribution in [3.8, 4) is 0 Å². The van der Waals surface area contributed by atoms with Crippen molar-refractivity contribution in [3.05, 3.63) is 23.8 Å². The van der Waals surface area contributed by atoms with Crippen LogP contribution in [0.15, 0.2) is 23.1 Å². The van der Waals surface area contributed by atoms with Crippen LogP contribution in [0, 0.1) is 0 Å². The van der Waals surface area contributed by atoms with Crippen LogP contribution in [0.25, 0.3) is 0 Å². The number of carbonyl (C=O) groups is 1. The zero-order valence-corrected chi connectivity index (χ0v) is 13.6. The first-order valence-corrected chi connectivity index (χ1v) is 7.97. The number of hydrogen-bond acceptors (Lipinski definition) is 4. The van der Waals surface area contributed by atoms with Crippen LogP contribution in [0.5, 0.6) is 0 Å². The summed E-state index contributed by atoms with van der Waals surface area (Å²) in [5.41, 5.74) is 7.10. The Labute approximate surface area is 131 Å². The van der Waals surface area contributed by atoms with E-state index >= 15 is 0 Å². The molecule has 1 aromatic rings. The Morgan fingerprint density at radius 1 is 1.48 bits per heavy atom. The Hall–Kier alpha value is -1.15. The lowest BCUT2D eigenvalue weighted by Gasteiger charge is -2.17. The molecule has 3 N–H and O–H groups in total. The van der Waals surface area contributed by atoms with Gasteiger partial charge in [0.05, 0.1) is 4.90 Å². The fraction of sp³-hybridized carbons (Fsp3) is 0.462. The Balaban J connectivity index is 0.00000220. The first-order chi connectivity index (χ1) is 9.35. The van der Waals surface area contributed by atoms with Crippen molar-refractivity contribution in [2.24, 2.45) is 5.73 Å². The van der Waals surface area contributed by atoms with E-state index in [1.165, 1.54) is 6.92 Å². The van der Waals surface area contributed by atoms with Crippen molar-refractivity contribution in [2.75, 3.05) is 18.0 Å². The molecule has 1 heterocycles. The van der Waals surface area contributed by atoms with Crippen molar-refractivity contribution in [1.82, 2.24) is 4.72 Å². The third-order valence-electron chi connectivity index (χ3n) is 3.35. The minimum Gasteiger partial charge on any atom is -0.329 e. The third-order valence-corrected chi connectivity index (χ3v) is 4.94. The van der Waals surface area contributed by atoms with Crippen molar-refractivity contribution >= 4 is 34.0 Å². The van der Waals surface area contributed by atoms with Gasteiger partial charge in [-0.2, -0.15) is 0 Å². The number of amides is 1. The summed E-state index contributed by atoms with van der Waals surface area (Å²) in [5.74, 6) is -0.0819. The highest BCUT2D eigenvalue weighted by Gasteiger charge is 2.25. The minimum absolute atomic E-state index is 0. The fourth-order valence-electron chi connectivity index (χ4n) is 2.23. The average molecular weight is 334 g/mol. The Morgan fingerprint density at radius 2 is 2.14 bits per heavy atom. The van der Waals surface area contributed by atoms with Crippen LogP contribution in [-0.2, 0) is 21.2 Å². The van der Waals surface area contributed by atoms with Crippen LogP contribution in [0.4, 0.5) is 5.69 Å². The zero-order chi connectivity index (χ0) is 14.9. The van der Waals surface area contributed by atoms with Gasteiger partial charge in [0.15, 0.2) is 0 Å². The normalized spacial score (nSPS) is 15.3. The number of hydrogen-bond donors (Lipinski definition) is 2. The van der Waals surface area contributed by atoms with E-state index in [4.69, 9.17) is 5.73 Å². The summed E-state index contributed by atoms with van der Waals surface area (Å²) in [6, 6.07) is 4.54. The monoisotopic (exact) mass is 333 g/mol. The van der Waals surface area contributed by atoms with Gasteiger partial charge in [-0.25, -0.2) is 13.1 Å². The molecule has 1 aliphatic rings. The summed E-state index contributed by atoms with van der Waals surface area (Å²) >= 11 is 0. The summed E-state index contributed by atoms with van der Waals surface area (Å²) in [5, 5.41) is 0. The maximum Gasteiger partial charge on any atom is 0.240 e. The molecule has 2 rings (SSSR count). The summed E-state index contributed by atoms with van der Waals surface area (Å²) in [4.78, 5) is 13.3. The quantitative estimate of drug-likeness (QED) is 0.845. The molecular formula is C13H20ClN3O3S. The van der Waals surface area contributed by atoms with Crippen molar-refractivity contribution in [1.29, 1.82) is 0 Å². The topological polar surface area (TPSA) is 92.5 Å².